The van der Waals surface area contributed by atoms with Gasteiger partial charge in [0.1, 0.15) is 11.3 Å². The Morgan fingerprint density at radius 1 is 1.13 bits per heavy atom. The van der Waals surface area contributed by atoms with Crippen LogP contribution in [0.2, 0.25) is 0 Å². The lowest BCUT2D eigenvalue weighted by Gasteiger charge is -2.30. The molecular formula is C21H22F3N5O. The zero-order valence-electron chi connectivity index (χ0n) is 16.4. The molecule has 0 bridgehead atoms. The van der Waals surface area contributed by atoms with Gasteiger partial charge in [0.2, 0.25) is 0 Å². The molecule has 1 aliphatic carbocycles. The summed E-state index contributed by atoms with van der Waals surface area (Å²) in [7, 11) is 0. The number of hydrogen-bond acceptors (Lipinski definition) is 4. The van der Waals surface area contributed by atoms with Crippen molar-refractivity contribution in [2.24, 2.45) is 0 Å². The Kier molecular flexibility index (Phi) is 5.36. The third kappa shape index (κ3) is 4.55. The lowest BCUT2D eigenvalue weighted by Crippen LogP contribution is -2.40. The van der Waals surface area contributed by atoms with E-state index in [1.807, 2.05) is 0 Å². The van der Waals surface area contributed by atoms with Crippen molar-refractivity contribution in [1.82, 2.24) is 19.7 Å². The van der Waals surface area contributed by atoms with E-state index in [1.165, 1.54) is 0 Å². The van der Waals surface area contributed by atoms with Crippen molar-refractivity contribution in [3.05, 3.63) is 59.8 Å². The van der Waals surface area contributed by atoms with Crippen LogP contribution < -0.4 is 10.6 Å². The van der Waals surface area contributed by atoms with Crippen LogP contribution in [0.3, 0.4) is 0 Å². The minimum Gasteiger partial charge on any atom is -0.382 e. The second kappa shape index (κ2) is 7.97. The normalized spacial score (nSPS) is 19.6. The van der Waals surface area contributed by atoms with E-state index in [0.717, 1.165) is 37.4 Å². The lowest BCUT2D eigenvalue weighted by molar-refractivity contribution is -0.141. The van der Waals surface area contributed by atoms with E-state index in [4.69, 9.17) is 0 Å². The quantitative estimate of drug-likeness (QED) is 0.667. The van der Waals surface area contributed by atoms with Gasteiger partial charge >= 0.3 is 6.18 Å². The van der Waals surface area contributed by atoms with Gasteiger partial charge in [-0.1, -0.05) is 0 Å². The van der Waals surface area contributed by atoms with Crippen molar-refractivity contribution in [3.63, 3.8) is 0 Å². The molecule has 3 aromatic rings. The van der Waals surface area contributed by atoms with Crippen LogP contribution in [0.1, 0.15) is 47.4 Å². The van der Waals surface area contributed by atoms with Gasteiger partial charge in [-0.25, -0.2) is 9.97 Å². The van der Waals surface area contributed by atoms with Crippen molar-refractivity contribution >= 4 is 17.2 Å². The first-order chi connectivity index (χ1) is 14.3. The molecule has 3 heterocycles. The number of pyridine rings is 2. The summed E-state index contributed by atoms with van der Waals surface area (Å²) in [6.07, 6.45) is 3.77. The molecule has 9 heteroatoms. The molecule has 0 aliphatic heterocycles. The minimum absolute atomic E-state index is 0.0407. The highest BCUT2D eigenvalue weighted by Gasteiger charge is 2.33. The average molecular weight is 417 g/mol. The topological polar surface area (TPSA) is 71.3 Å². The molecule has 0 aromatic carbocycles. The Hall–Kier alpha value is -3.10. The van der Waals surface area contributed by atoms with Crippen LogP contribution >= 0.6 is 0 Å². The van der Waals surface area contributed by atoms with Crippen LogP contribution in [-0.4, -0.2) is 32.4 Å². The third-order valence-corrected chi connectivity index (χ3v) is 5.33. The molecule has 6 nitrogen and oxygen atoms in total. The van der Waals surface area contributed by atoms with E-state index < -0.39 is 11.9 Å². The van der Waals surface area contributed by atoms with Crippen molar-refractivity contribution in [2.75, 3.05) is 5.32 Å². The zero-order valence-corrected chi connectivity index (χ0v) is 16.4. The molecular weight excluding hydrogens is 395 g/mol. The monoisotopic (exact) mass is 417 g/mol. The largest absolute Gasteiger partial charge is 0.433 e. The molecule has 4 rings (SSSR count). The first kappa shape index (κ1) is 20.2. The van der Waals surface area contributed by atoms with E-state index in [1.54, 1.807) is 48.1 Å². The van der Waals surface area contributed by atoms with E-state index >= 15 is 0 Å². The number of imidazole rings is 1. The predicted molar refractivity (Wildman–Crippen MR) is 106 cm³/mol. The first-order valence-electron chi connectivity index (χ1n) is 9.84. The molecule has 0 unspecified atom stereocenters. The smallest absolute Gasteiger partial charge is 0.382 e. The standard InChI is InChI=1S/C21H22F3N5O/c1-13-10-17(11-18(26-13)21(22,23)24)27-15-3-5-16(6-4-15)28-20(30)14-2-7-19-25-8-9-29(19)12-14/h2,7-12,15-16H,3-6H2,1H3,(H,26,27)(H,28,30). The molecule has 1 saturated carbocycles. The Morgan fingerprint density at radius 2 is 1.87 bits per heavy atom. The molecule has 0 atom stereocenters. The summed E-state index contributed by atoms with van der Waals surface area (Å²) in [5.74, 6) is -0.137. The molecule has 0 spiro atoms. The van der Waals surface area contributed by atoms with Gasteiger partial charge in [-0.2, -0.15) is 13.2 Å². The summed E-state index contributed by atoms with van der Waals surface area (Å²) in [6.45, 7) is 1.55. The van der Waals surface area contributed by atoms with Gasteiger partial charge in [-0.15, -0.1) is 0 Å². The van der Waals surface area contributed by atoms with Crippen molar-refractivity contribution in [2.45, 2.75) is 50.9 Å². The number of amides is 1. The number of hydrogen-bond donors (Lipinski definition) is 2. The number of halogens is 3. The fraction of sp³-hybridized carbons (Fsp3) is 0.381. The molecule has 1 amide bonds. The summed E-state index contributed by atoms with van der Waals surface area (Å²) >= 11 is 0. The number of aryl methyl sites for hydroxylation is 1. The number of fused-ring (bicyclic) bond motifs is 1. The molecule has 3 aromatic heterocycles. The number of carbonyl (C=O) groups is 1. The summed E-state index contributed by atoms with van der Waals surface area (Å²) in [5.41, 5.74) is 1.20. The van der Waals surface area contributed by atoms with Crippen molar-refractivity contribution in [3.8, 4) is 0 Å². The number of nitrogens with zero attached hydrogens (tertiary/aromatic N) is 3. The SMILES string of the molecule is Cc1cc(NC2CCC(NC(=O)c3ccc4nccn4c3)CC2)cc(C(F)(F)F)n1. The van der Waals surface area contributed by atoms with Gasteiger partial charge < -0.3 is 15.0 Å². The van der Waals surface area contributed by atoms with Gasteiger partial charge in [-0.3, -0.25) is 4.79 Å². The van der Waals surface area contributed by atoms with Gasteiger partial charge in [0.05, 0.1) is 5.56 Å². The van der Waals surface area contributed by atoms with Crippen LogP contribution in [-0.2, 0) is 6.18 Å². The average Bonchev–Trinajstić information content (AvgIpc) is 3.16. The fourth-order valence-corrected chi connectivity index (χ4v) is 3.84. The maximum absolute atomic E-state index is 13.0. The number of carbonyl (C=O) groups excluding carboxylic acids is 1. The number of alkyl halides is 3. The van der Waals surface area contributed by atoms with Crippen molar-refractivity contribution in [1.29, 1.82) is 0 Å². The van der Waals surface area contributed by atoms with Crippen LogP contribution in [0.15, 0.2) is 42.9 Å². The second-order valence-corrected chi connectivity index (χ2v) is 7.66. The molecule has 0 saturated heterocycles. The van der Waals surface area contributed by atoms with Gasteiger partial charge in [0.15, 0.2) is 0 Å². The Labute approximate surface area is 171 Å². The summed E-state index contributed by atoms with van der Waals surface area (Å²) in [5, 5.41) is 6.25. The fourth-order valence-electron chi connectivity index (χ4n) is 3.84. The maximum atomic E-state index is 13.0. The van der Waals surface area contributed by atoms with E-state index in [9.17, 15) is 18.0 Å². The summed E-state index contributed by atoms with van der Waals surface area (Å²) in [6, 6.07) is 6.31. The van der Waals surface area contributed by atoms with Crippen LogP contribution in [0.4, 0.5) is 18.9 Å². The molecule has 30 heavy (non-hydrogen) atoms. The molecule has 2 N–H and O–H groups in total. The van der Waals surface area contributed by atoms with Gasteiger partial charge in [-0.05, 0) is 56.9 Å². The van der Waals surface area contributed by atoms with E-state index in [-0.39, 0.29) is 18.0 Å². The predicted octanol–water partition coefficient (Wildman–Crippen LogP) is 4.21. The first-order valence-corrected chi connectivity index (χ1v) is 9.84. The molecule has 1 aliphatic rings. The molecule has 158 valence electrons. The Bertz CT molecular complexity index is 1050. The number of anilines is 1. The highest BCUT2D eigenvalue weighted by Crippen LogP contribution is 2.31. The zero-order chi connectivity index (χ0) is 21.3. The van der Waals surface area contributed by atoms with Gasteiger partial charge in [0, 0.05) is 42.1 Å². The number of nitrogens with one attached hydrogen (secondary N) is 2. The second-order valence-electron chi connectivity index (χ2n) is 7.66. The minimum atomic E-state index is -4.47. The maximum Gasteiger partial charge on any atom is 0.433 e. The Morgan fingerprint density at radius 3 is 2.60 bits per heavy atom. The molecule has 0 radical (unpaired) electrons. The Balaban J connectivity index is 1.33. The summed E-state index contributed by atoms with van der Waals surface area (Å²) < 4.78 is 40.7. The van der Waals surface area contributed by atoms with E-state index in [0.29, 0.717) is 16.9 Å². The van der Waals surface area contributed by atoms with Crippen LogP contribution in [0.5, 0.6) is 0 Å². The number of aromatic nitrogens is 3. The van der Waals surface area contributed by atoms with Crippen LogP contribution in [0, 0.1) is 6.92 Å². The number of rotatable bonds is 4. The highest BCUT2D eigenvalue weighted by molar-refractivity contribution is 5.94. The van der Waals surface area contributed by atoms with Crippen molar-refractivity contribution < 1.29 is 18.0 Å². The van der Waals surface area contributed by atoms with Gasteiger partial charge in [0.25, 0.3) is 5.91 Å². The highest BCUT2D eigenvalue weighted by atomic mass is 19.4. The lowest BCUT2D eigenvalue weighted by atomic mass is 9.90. The van der Waals surface area contributed by atoms with E-state index in [2.05, 4.69) is 20.6 Å². The third-order valence-electron chi connectivity index (χ3n) is 5.33. The summed E-state index contributed by atoms with van der Waals surface area (Å²) in [4.78, 5) is 20.3. The van der Waals surface area contributed by atoms with Crippen LogP contribution in [0.25, 0.3) is 5.65 Å². The molecule has 1 fully saturated rings.